The van der Waals surface area contributed by atoms with E-state index in [1.807, 2.05) is 69.8 Å². The Kier molecular flexibility index (Phi) is 5.57. The van der Waals surface area contributed by atoms with Crippen LogP contribution >= 0.6 is 11.8 Å². The number of H-pyrrole nitrogens is 1. The van der Waals surface area contributed by atoms with Gasteiger partial charge in [0.05, 0.1) is 11.0 Å². The SMILES string of the molecule is CCSCc1ccc(C(=O)N2CCC(n3c(=O)[nH]c4ccccc43)CC2)cc1. The van der Waals surface area contributed by atoms with E-state index >= 15 is 0 Å². The van der Waals surface area contributed by atoms with Gasteiger partial charge in [0.15, 0.2) is 0 Å². The molecule has 4 rings (SSSR count). The number of carbonyl (C=O) groups excluding carboxylic acids is 1. The lowest BCUT2D eigenvalue weighted by Crippen LogP contribution is -2.40. The van der Waals surface area contributed by atoms with Gasteiger partial charge in [-0.05, 0) is 48.4 Å². The van der Waals surface area contributed by atoms with Crippen molar-refractivity contribution in [2.45, 2.75) is 31.6 Å². The standard InChI is InChI=1S/C22H25N3O2S/c1-2-28-15-16-7-9-17(10-8-16)21(26)24-13-11-18(12-14-24)25-20-6-4-3-5-19(20)23-22(25)27/h3-10,18H,2,11-15H2,1H3,(H,23,27). The van der Waals surface area contributed by atoms with Crippen molar-refractivity contribution >= 4 is 28.7 Å². The van der Waals surface area contributed by atoms with Crippen LogP contribution in [0.15, 0.2) is 53.3 Å². The number of hydrogen-bond donors (Lipinski definition) is 1. The van der Waals surface area contributed by atoms with Gasteiger partial charge in [0.2, 0.25) is 0 Å². The number of nitrogens with one attached hydrogen (secondary N) is 1. The summed E-state index contributed by atoms with van der Waals surface area (Å²) in [6.07, 6.45) is 1.58. The molecule has 1 aliphatic rings. The molecule has 0 unspecified atom stereocenters. The molecular formula is C22H25N3O2S. The molecule has 1 N–H and O–H groups in total. The summed E-state index contributed by atoms with van der Waals surface area (Å²) in [5.41, 5.74) is 3.74. The molecule has 2 heterocycles. The van der Waals surface area contributed by atoms with E-state index < -0.39 is 0 Å². The lowest BCUT2D eigenvalue weighted by molar-refractivity contribution is 0.0695. The normalized spacial score (nSPS) is 15.2. The second-order valence-electron chi connectivity index (χ2n) is 7.17. The van der Waals surface area contributed by atoms with Crippen molar-refractivity contribution in [1.82, 2.24) is 14.5 Å². The molecule has 6 heteroatoms. The monoisotopic (exact) mass is 395 g/mol. The van der Waals surface area contributed by atoms with Gasteiger partial charge in [-0.15, -0.1) is 0 Å². The molecule has 3 aromatic rings. The van der Waals surface area contributed by atoms with Crippen LogP contribution in [0.25, 0.3) is 11.0 Å². The molecule has 0 atom stereocenters. The fourth-order valence-electron chi connectivity index (χ4n) is 3.91. The van der Waals surface area contributed by atoms with Gasteiger partial charge in [0.1, 0.15) is 0 Å². The Labute approximate surface area is 168 Å². The van der Waals surface area contributed by atoms with Gasteiger partial charge >= 0.3 is 5.69 Å². The van der Waals surface area contributed by atoms with Gasteiger partial charge in [-0.1, -0.05) is 31.2 Å². The fourth-order valence-corrected chi connectivity index (χ4v) is 4.54. The van der Waals surface area contributed by atoms with Crippen molar-refractivity contribution in [1.29, 1.82) is 0 Å². The Morgan fingerprint density at radius 1 is 1.11 bits per heavy atom. The quantitative estimate of drug-likeness (QED) is 0.709. The number of likely N-dealkylation sites (tertiary alicyclic amines) is 1. The maximum Gasteiger partial charge on any atom is 0.326 e. The Bertz CT molecular complexity index is 1010. The summed E-state index contributed by atoms with van der Waals surface area (Å²) >= 11 is 1.88. The van der Waals surface area contributed by atoms with Gasteiger partial charge in [-0.2, -0.15) is 11.8 Å². The Balaban J connectivity index is 1.43. The van der Waals surface area contributed by atoms with Gasteiger partial charge in [-0.25, -0.2) is 4.79 Å². The van der Waals surface area contributed by atoms with Crippen LogP contribution in [0.5, 0.6) is 0 Å². The van der Waals surface area contributed by atoms with Crippen LogP contribution in [-0.2, 0) is 5.75 Å². The van der Waals surface area contributed by atoms with Crippen LogP contribution in [-0.4, -0.2) is 39.2 Å². The van der Waals surface area contributed by atoms with E-state index in [1.165, 1.54) is 5.56 Å². The van der Waals surface area contributed by atoms with Crippen LogP contribution in [0.1, 0.15) is 41.7 Å². The molecular weight excluding hydrogens is 370 g/mol. The van der Waals surface area contributed by atoms with E-state index in [4.69, 9.17) is 0 Å². The second-order valence-corrected chi connectivity index (χ2v) is 8.45. The first-order valence-electron chi connectivity index (χ1n) is 9.82. The number of hydrogen-bond acceptors (Lipinski definition) is 3. The molecule has 1 aromatic heterocycles. The molecule has 0 radical (unpaired) electrons. The molecule has 1 fully saturated rings. The number of aromatic amines is 1. The fraction of sp³-hybridized carbons (Fsp3) is 0.364. The van der Waals surface area contributed by atoms with Gasteiger partial charge in [0.25, 0.3) is 5.91 Å². The number of benzene rings is 2. The molecule has 0 saturated carbocycles. The Morgan fingerprint density at radius 3 is 2.54 bits per heavy atom. The van der Waals surface area contributed by atoms with Gasteiger partial charge in [-0.3, -0.25) is 9.36 Å². The summed E-state index contributed by atoms with van der Waals surface area (Å²) in [6, 6.07) is 15.9. The molecule has 0 aliphatic carbocycles. The highest BCUT2D eigenvalue weighted by Gasteiger charge is 2.26. The third-order valence-corrected chi connectivity index (χ3v) is 6.36. The minimum Gasteiger partial charge on any atom is -0.338 e. The largest absolute Gasteiger partial charge is 0.338 e. The highest BCUT2D eigenvalue weighted by Crippen LogP contribution is 2.26. The van der Waals surface area contributed by atoms with Crippen LogP contribution < -0.4 is 5.69 Å². The van der Waals surface area contributed by atoms with Crippen molar-refractivity contribution in [3.63, 3.8) is 0 Å². The average molecular weight is 396 g/mol. The number of thioether (sulfide) groups is 1. The summed E-state index contributed by atoms with van der Waals surface area (Å²) in [5, 5.41) is 0. The van der Waals surface area contributed by atoms with Gasteiger partial charge in [0, 0.05) is 30.4 Å². The predicted molar refractivity (Wildman–Crippen MR) is 115 cm³/mol. The number of carbonyl (C=O) groups is 1. The maximum atomic E-state index is 12.8. The van der Waals surface area contributed by atoms with Crippen molar-refractivity contribution in [3.8, 4) is 0 Å². The number of rotatable bonds is 5. The highest BCUT2D eigenvalue weighted by atomic mass is 32.2. The maximum absolute atomic E-state index is 12.8. The summed E-state index contributed by atoms with van der Waals surface area (Å²) in [5.74, 6) is 2.16. The number of nitrogens with zero attached hydrogens (tertiary/aromatic N) is 2. The van der Waals surface area contributed by atoms with Crippen molar-refractivity contribution in [2.75, 3.05) is 18.8 Å². The lowest BCUT2D eigenvalue weighted by Gasteiger charge is -2.32. The molecule has 146 valence electrons. The Hall–Kier alpha value is -2.47. The molecule has 1 amide bonds. The first-order valence-corrected chi connectivity index (χ1v) is 11.0. The molecule has 0 bridgehead atoms. The smallest absolute Gasteiger partial charge is 0.326 e. The zero-order valence-corrected chi connectivity index (χ0v) is 16.9. The lowest BCUT2D eigenvalue weighted by atomic mass is 10.0. The molecule has 28 heavy (non-hydrogen) atoms. The van der Waals surface area contributed by atoms with Crippen molar-refractivity contribution in [2.24, 2.45) is 0 Å². The number of imidazole rings is 1. The van der Waals surface area contributed by atoms with Crippen LogP contribution in [0, 0.1) is 0 Å². The molecule has 1 aliphatic heterocycles. The number of aromatic nitrogens is 2. The van der Waals surface area contributed by atoms with Gasteiger partial charge < -0.3 is 9.88 Å². The molecule has 1 saturated heterocycles. The highest BCUT2D eigenvalue weighted by molar-refractivity contribution is 7.98. The molecule has 2 aromatic carbocycles. The zero-order chi connectivity index (χ0) is 19.5. The zero-order valence-electron chi connectivity index (χ0n) is 16.1. The number of piperidine rings is 1. The van der Waals surface area contributed by atoms with E-state index in [9.17, 15) is 9.59 Å². The predicted octanol–water partition coefficient (Wildman–Crippen LogP) is 4.06. The minimum atomic E-state index is -0.0634. The first-order chi connectivity index (χ1) is 13.7. The third kappa shape index (κ3) is 3.74. The number of amides is 1. The van der Waals surface area contributed by atoms with E-state index in [0.717, 1.165) is 40.9 Å². The van der Waals surface area contributed by atoms with E-state index in [2.05, 4.69) is 11.9 Å². The summed E-state index contributed by atoms with van der Waals surface area (Å²) in [4.78, 5) is 30.1. The molecule has 5 nitrogen and oxygen atoms in total. The minimum absolute atomic E-state index is 0.0634. The van der Waals surface area contributed by atoms with Crippen LogP contribution in [0.3, 0.4) is 0 Å². The van der Waals surface area contributed by atoms with E-state index in [0.29, 0.717) is 13.1 Å². The van der Waals surface area contributed by atoms with Crippen LogP contribution in [0.4, 0.5) is 0 Å². The summed E-state index contributed by atoms with van der Waals surface area (Å²) in [6.45, 7) is 3.49. The Morgan fingerprint density at radius 2 is 1.82 bits per heavy atom. The second kappa shape index (κ2) is 8.27. The number of para-hydroxylation sites is 2. The van der Waals surface area contributed by atoms with Crippen molar-refractivity contribution in [3.05, 3.63) is 70.1 Å². The third-order valence-electron chi connectivity index (χ3n) is 5.41. The van der Waals surface area contributed by atoms with E-state index in [1.54, 1.807) is 0 Å². The average Bonchev–Trinajstić information content (AvgIpc) is 3.08. The number of fused-ring (bicyclic) bond motifs is 1. The van der Waals surface area contributed by atoms with Crippen LogP contribution in [0.2, 0.25) is 0 Å². The van der Waals surface area contributed by atoms with E-state index in [-0.39, 0.29) is 17.6 Å². The van der Waals surface area contributed by atoms with Crippen molar-refractivity contribution < 1.29 is 4.79 Å². The summed E-state index contributed by atoms with van der Waals surface area (Å²) < 4.78 is 1.86. The topological polar surface area (TPSA) is 58.1 Å². The first kappa shape index (κ1) is 18.9. The summed E-state index contributed by atoms with van der Waals surface area (Å²) in [7, 11) is 0. The molecule has 0 spiro atoms.